The van der Waals surface area contributed by atoms with E-state index in [0.717, 1.165) is 25.9 Å². The van der Waals surface area contributed by atoms with Crippen LogP contribution in [0, 0.1) is 0 Å². The third kappa shape index (κ3) is 2.92. The minimum absolute atomic E-state index is 0.349. The summed E-state index contributed by atoms with van der Waals surface area (Å²) in [5.41, 5.74) is -0.720. The summed E-state index contributed by atoms with van der Waals surface area (Å²) >= 11 is 0. The Bertz CT molecular complexity index is 209. The van der Waals surface area contributed by atoms with Crippen molar-refractivity contribution in [3.05, 3.63) is 0 Å². The van der Waals surface area contributed by atoms with Crippen LogP contribution in [0.1, 0.15) is 39.5 Å². The summed E-state index contributed by atoms with van der Waals surface area (Å²) in [6, 6.07) is 0.349. The van der Waals surface area contributed by atoms with Crippen molar-refractivity contribution in [1.29, 1.82) is 0 Å². The fourth-order valence-corrected chi connectivity index (χ4v) is 2.18. The molecular formula is C11H22N2O2. The van der Waals surface area contributed by atoms with E-state index in [-0.39, 0.29) is 0 Å². The highest BCUT2D eigenvalue weighted by Crippen LogP contribution is 2.18. The van der Waals surface area contributed by atoms with Gasteiger partial charge in [-0.25, -0.2) is 0 Å². The molecule has 88 valence electrons. The van der Waals surface area contributed by atoms with E-state index in [1.165, 1.54) is 0 Å². The van der Waals surface area contributed by atoms with Crippen LogP contribution in [-0.4, -0.2) is 35.7 Å². The first kappa shape index (κ1) is 12.5. The number of hydrogen-bond donors (Lipinski definition) is 3. The van der Waals surface area contributed by atoms with Crippen molar-refractivity contribution in [2.45, 2.75) is 51.1 Å². The molecular weight excluding hydrogens is 192 g/mol. The van der Waals surface area contributed by atoms with Crippen LogP contribution in [0.5, 0.6) is 0 Å². The molecule has 0 amide bonds. The van der Waals surface area contributed by atoms with Crippen molar-refractivity contribution in [1.82, 2.24) is 10.6 Å². The maximum absolute atomic E-state index is 11.3. The Balaban J connectivity index is 2.60. The van der Waals surface area contributed by atoms with Crippen LogP contribution in [0.2, 0.25) is 0 Å². The molecule has 0 unspecified atom stereocenters. The monoisotopic (exact) mass is 214 g/mol. The van der Waals surface area contributed by atoms with Gasteiger partial charge in [0, 0.05) is 6.04 Å². The maximum atomic E-state index is 11.3. The molecule has 0 atom stereocenters. The number of carboxylic acids is 1. The van der Waals surface area contributed by atoms with Gasteiger partial charge in [-0.15, -0.1) is 0 Å². The van der Waals surface area contributed by atoms with Crippen LogP contribution in [0.4, 0.5) is 0 Å². The summed E-state index contributed by atoms with van der Waals surface area (Å²) in [4.78, 5) is 11.3. The molecule has 0 aliphatic carbocycles. The van der Waals surface area contributed by atoms with Crippen LogP contribution >= 0.6 is 0 Å². The topological polar surface area (TPSA) is 61.4 Å². The maximum Gasteiger partial charge on any atom is 0.323 e. The van der Waals surface area contributed by atoms with E-state index in [1.807, 2.05) is 13.8 Å². The third-order valence-corrected chi connectivity index (χ3v) is 3.44. The van der Waals surface area contributed by atoms with Gasteiger partial charge in [-0.1, -0.05) is 13.8 Å². The van der Waals surface area contributed by atoms with E-state index in [9.17, 15) is 9.90 Å². The first-order valence-electron chi connectivity index (χ1n) is 5.86. The number of nitrogens with one attached hydrogen (secondary N) is 2. The lowest BCUT2D eigenvalue weighted by atomic mass is 9.90. The Morgan fingerprint density at radius 1 is 1.40 bits per heavy atom. The molecule has 0 aromatic carbocycles. The van der Waals surface area contributed by atoms with Crippen LogP contribution in [0.15, 0.2) is 0 Å². The summed E-state index contributed by atoms with van der Waals surface area (Å²) < 4.78 is 0. The van der Waals surface area contributed by atoms with Crippen LogP contribution in [-0.2, 0) is 4.79 Å². The van der Waals surface area contributed by atoms with Crippen molar-refractivity contribution in [3.63, 3.8) is 0 Å². The van der Waals surface area contributed by atoms with Gasteiger partial charge in [-0.3, -0.25) is 10.1 Å². The molecule has 15 heavy (non-hydrogen) atoms. The van der Waals surface area contributed by atoms with Crippen molar-refractivity contribution in [3.8, 4) is 0 Å². The van der Waals surface area contributed by atoms with Gasteiger partial charge in [0.1, 0.15) is 5.54 Å². The molecule has 1 aliphatic rings. The number of carbonyl (C=O) groups is 1. The van der Waals surface area contributed by atoms with Gasteiger partial charge >= 0.3 is 5.97 Å². The Labute approximate surface area is 91.4 Å². The van der Waals surface area contributed by atoms with E-state index in [0.29, 0.717) is 18.9 Å². The number of carboxylic acid groups (broad SMARTS) is 1. The van der Waals surface area contributed by atoms with E-state index in [1.54, 1.807) is 0 Å². The normalized spacial score (nSPS) is 19.1. The molecule has 1 aliphatic heterocycles. The first-order valence-corrected chi connectivity index (χ1v) is 5.86. The molecule has 0 bridgehead atoms. The standard InChI is InChI=1S/C11H22N2O2/c1-3-11(4-2,10(14)15)13-9-5-7-12-8-6-9/h9,12-13H,3-8H2,1-2H3,(H,14,15). The van der Waals surface area contributed by atoms with Gasteiger partial charge < -0.3 is 10.4 Å². The summed E-state index contributed by atoms with van der Waals surface area (Å²) in [6.45, 7) is 5.85. The Kier molecular flexibility index (Phi) is 4.54. The molecule has 0 aromatic heterocycles. The average Bonchev–Trinajstić information content (AvgIpc) is 2.27. The Morgan fingerprint density at radius 3 is 2.33 bits per heavy atom. The molecule has 1 heterocycles. The number of hydrogen-bond acceptors (Lipinski definition) is 3. The number of aliphatic carboxylic acids is 1. The quantitative estimate of drug-likeness (QED) is 0.638. The second kappa shape index (κ2) is 5.47. The molecule has 0 aromatic rings. The third-order valence-electron chi connectivity index (χ3n) is 3.44. The summed E-state index contributed by atoms with van der Waals surface area (Å²) in [5.74, 6) is -0.717. The minimum Gasteiger partial charge on any atom is -0.480 e. The largest absolute Gasteiger partial charge is 0.480 e. The molecule has 0 radical (unpaired) electrons. The first-order chi connectivity index (χ1) is 7.14. The number of rotatable bonds is 5. The van der Waals surface area contributed by atoms with Gasteiger partial charge in [0.2, 0.25) is 0 Å². The Hall–Kier alpha value is -0.610. The molecule has 1 rings (SSSR count). The zero-order chi connectivity index (χ0) is 11.3. The van der Waals surface area contributed by atoms with Gasteiger partial charge in [0.25, 0.3) is 0 Å². The van der Waals surface area contributed by atoms with Crippen molar-refractivity contribution in [2.24, 2.45) is 0 Å². The zero-order valence-corrected chi connectivity index (χ0v) is 9.68. The SMILES string of the molecule is CCC(CC)(NC1CCNCC1)C(=O)O. The van der Waals surface area contributed by atoms with E-state index in [2.05, 4.69) is 10.6 Å². The fourth-order valence-electron chi connectivity index (χ4n) is 2.18. The lowest BCUT2D eigenvalue weighted by Crippen LogP contribution is -2.57. The van der Waals surface area contributed by atoms with Crippen LogP contribution in [0.3, 0.4) is 0 Å². The molecule has 1 fully saturated rings. The highest BCUT2D eigenvalue weighted by Gasteiger charge is 2.36. The zero-order valence-electron chi connectivity index (χ0n) is 9.68. The predicted octanol–water partition coefficient (Wildman–Crippen LogP) is 0.971. The Morgan fingerprint density at radius 2 is 1.93 bits per heavy atom. The molecule has 1 saturated heterocycles. The second-order valence-corrected chi connectivity index (χ2v) is 4.26. The molecule has 3 N–H and O–H groups in total. The van der Waals surface area contributed by atoms with E-state index in [4.69, 9.17) is 0 Å². The highest BCUT2D eigenvalue weighted by atomic mass is 16.4. The van der Waals surface area contributed by atoms with Crippen molar-refractivity contribution in [2.75, 3.05) is 13.1 Å². The fraction of sp³-hybridized carbons (Fsp3) is 0.909. The summed E-state index contributed by atoms with van der Waals surface area (Å²) in [6.07, 6.45) is 3.33. The van der Waals surface area contributed by atoms with Crippen molar-refractivity contribution < 1.29 is 9.90 Å². The average molecular weight is 214 g/mol. The smallest absolute Gasteiger partial charge is 0.323 e. The van der Waals surface area contributed by atoms with Crippen LogP contribution < -0.4 is 10.6 Å². The van der Waals surface area contributed by atoms with Crippen molar-refractivity contribution >= 4 is 5.97 Å². The summed E-state index contributed by atoms with van der Waals surface area (Å²) in [7, 11) is 0. The second-order valence-electron chi connectivity index (χ2n) is 4.26. The van der Waals surface area contributed by atoms with Gasteiger partial charge in [0.05, 0.1) is 0 Å². The molecule has 4 nitrogen and oxygen atoms in total. The van der Waals surface area contributed by atoms with Gasteiger partial charge in [-0.2, -0.15) is 0 Å². The van der Waals surface area contributed by atoms with Crippen LogP contribution in [0.25, 0.3) is 0 Å². The van der Waals surface area contributed by atoms with E-state index >= 15 is 0 Å². The van der Waals surface area contributed by atoms with E-state index < -0.39 is 11.5 Å². The molecule has 4 heteroatoms. The minimum atomic E-state index is -0.720. The lowest BCUT2D eigenvalue weighted by Gasteiger charge is -2.35. The molecule has 0 spiro atoms. The lowest BCUT2D eigenvalue weighted by molar-refractivity contribution is -0.145. The molecule has 0 saturated carbocycles. The van der Waals surface area contributed by atoms with Gasteiger partial charge in [0.15, 0.2) is 0 Å². The highest BCUT2D eigenvalue weighted by molar-refractivity contribution is 5.78. The number of piperidine rings is 1. The van der Waals surface area contributed by atoms with Gasteiger partial charge in [-0.05, 0) is 38.8 Å². The summed E-state index contributed by atoms with van der Waals surface area (Å²) in [5, 5.41) is 15.9. The predicted molar refractivity (Wildman–Crippen MR) is 60.0 cm³/mol.